The second-order valence-electron chi connectivity index (χ2n) is 26.8. The van der Waals surface area contributed by atoms with Gasteiger partial charge in [-0.15, -0.1) is 0 Å². The molecule has 0 saturated heterocycles. The fourth-order valence-corrected chi connectivity index (χ4v) is 46.3. The SMILES string of the molecule is [CH3-].[Hf+4].[NH2-].[NH2-].[NH2-].c1cc[c]([Ge]([c]2ccccc2)[c]2ccccc2)cc1.c1cc[c]([Ge]([c]2ccccc2)[c]2ccccc2)cc1.c1cc[c]([Ge]([c]2ccccc2)[c]2ccccc2)cc1.c1cc[c]([Ge]([c]2ccccc2)[c]2ccccc2)cc1.c1cc[c]([Ge]([c]2ccccc2)[c]2ccccc2)cc1.c1cc[c]([Ge]([c]2ccccc2)[c]2ccccc2)cc1. The zero-order valence-electron chi connectivity index (χ0n) is 67.2. The molecule has 0 heterocycles. The van der Waals surface area contributed by atoms with E-state index < -0.39 is 86.1 Å². The molecule has 18 aromatic carbocycles. The standard InChI is InChI=1S/6C18H15Ge.CH3.Hf.3H2N/c6*1-4-10-16(11-5-1)19(17-12-6-2-7-13-17)18-14-8-3-9-15-18;;;;;/h6*1-15H;1H3;;3*1H2/q;;;;;;-1;+4;3*-1. The van der Waals surface area contributed by atoms with Crippen LogP contribution in [-0.2, 0) is 25.8 Å². The van der Waals surface area contributed by atoms with Gasteiger partial charge in [-0.25, -0.2) is 0 Å². The normalized spacial score (nSPS) is 10.1. The molecule has 0 aliphatic carbocycles. The molecule has 578 valence electrons. The van der Waals surface area contributed by atoms with E-state index in [0.29, 0.717) is 0 Å². The zero-order valence-corrected chi connectivity index (χ0v) is 83.4. The van der Waals surface area contributed by atoms with Gasteiger partial charge in [-0.1, -0.05) is 0 Å². The molecule has 10 heteroatoms. The van der Waals surface area contributed by atoms with E-state index in [1.54, 1.807) is 0 Å². The summed E-state index contributed by atoms with van der Waals surface area (Å²) in [4.78, 5) is 0. The van der Waals surface area contributed by atoms with E-state index >= 15 is 0 Å². The summed E-state index contributed by atoms with van der Waals surface area (Å²) in [7, 11) is 0. The van der Waals surface area contributed by atoms with Crippen molar-refractivity contribution in [3.63, 3.8) is 0 Å². The summed E-state index contributed by atoms with van der Waals surface area (Å²) in [5.41, 5.74) is 0. The van der Waals surface area contributed by atoms with Crippen molar-refractivity contribution in [1.82, 2.24) is 0 Å². The van der Waals surface area contributed by atoms with E-state index in [-0.39, 0.29) is 51.7 Å². The van der Waals surface area contributed by atoms with Gasteiger partial charge < -0.3 is 25.9 Å². The van der Waals surface area contributed by atoms with Gasteiger partial charge >= 0.3 is 737 Å². The minimum absolute atomic E-state index is 0. The van der Waals surface area contributed by atoms with Crippen LogP contribution in [0.5, 0.6) is 0 Å². The van der Waals surface area contributed by atoms with Crippen LogP contribution in [0.4, 0.5) is 0 Å². The molecule has 0 aliphatic heterocycles. The number of rotatable bonds is 18. The molecule has 6 radical (unpaired) electrons. The van der Waals surface area contributed by atoms with E-state index in [2.05, 4.69) is 546 Å². The third-order valence-corrected chi connectivity index (χ3v) is 53.5. The monoisotopic (exact) mass is 2070 g/mol. The molecule has 0 saturated carbocycles. The van der Waals surface area contributed by atoms with Crippen LogP contribution in [0, 0.1) is 7.43 Å². The summed E-state index contributed by atoms with van der Waals surface area (Å²) in [5.74, 6) is 0. The molecule has 6 N–H and O–H groups in total. The molecular formula is C109H99Ge6HfN3. The fourth-order valence-electron chi connectivity index (χ4n) is 13.9. The fraction of sp³-hybridized carbons (Fsp3) is 0. The van der Waals surface area contributed by atoms with Crippen molar-refractivity contribution in [2.24, 2.45) is 0 Å². The van der Waals surface area contributed by atoms with Gasteiger partial charge in [0.25, 0.3) is 0 Å². The molecule has 0 amide bonds. The van der Waals surface area contributed by atoms with Crippen LogP contribution in [-0.4, -0.2) is 86.1 Å². The first-order valence-electron chi connectivity index (χ1n) is 38.9. The Labute approximate surface area is 754 Å². The third kappa shape index (κ3) is 28.6. The molecule has 0 fully saturated rings. The van der Waals surface area contributed by atoms with Crippen LogP contribution in [0.25, 0.3) is 18.5 Å². The van der Waals surface area contributed by atoms with Crippen molar-refractivity contribution in [3.8, 4) is 0 Å². The molecule has 18 aromatic rings. The van der Waals surface area contributed by atoms with Gasteiger partial charge in [-0.2, -0.15) is 0 Å². The second-order valence-corrected chi connectivity index (χ2v) is 58.1. The van der Waals surface area contributed by atoms with Gasteiger partial charge in [0.1, 0.15) is 0 Å². The number of benzene rings is 18. The Bertz CT molecular complexity index is 4090. The Hall–Kier alpha value is -10.0. The summed E-state index contributed by atoms with van der Waals surface area (Å²) in [6.45, 7) is 0. The van der Waals surface area contributed by atoms with E-state index in [9.17, 15) is 0 Å². The average molecular weight is 2070 g/mol. The molecule has 18 rings (SSSR count). The van der Waals surface area contributed by atoms with Crippen LogP contribution in [0.2, 0.25) is 0 Å². The average Bonchev–Trinajstić information content (AvgIpc) is 0.854. The van der Waals surface area contributed by atoms with Gasteiger partial charge in [-0.05, 0) is 0 Å². The van der Waals surface area contributed by atoms with E-state index in [0.717, 1.165) is 0 Å². The summed E-state index contributed by atoms with van der Waals surface area (Å²) < 4.78 is 27.0. The van der Waals surface area contributed by atoms with Crippen LogP contribution in [0.15, 0.2) is 546 Å². The van der Waals surface area contributed by atoms with Gasteiger partial charge in [0.15, 0.2) is 0 Å². The predicted molar refractivity (Wildman–Crippen MR) is 526 cm³/mol. The molecule has 0 atom stereocenters. The summed E-state index contributed by atoms with van der Waals surface area (Å²) >= 11 is -9.79. The van der Waals surface area contributed by atoms with Crippen molar-refractivity contribution in [2.75, 3.05) is 0 Å². The molecule has 0 unspecified atom stereocenters. The van der Waals surface area contributed by atoms with Crippen molar-refractivity contribution >= 4 is 165 Å². The predicted octanol–water partition coefficient (Wildman–Crippen LogP) is 15.8. The Kier molecular flexibility index (Phi) is 42.5. The first-order valence-corrected chi connectivity index (χ1v) is 57.8. The minimum atomic E-state index is -1.63. The maximum atomic E-state index is 2.27. The third-order valence-electron chi connectivity index (χ3n) is 19.1. The van der Waals surface area contributed by atoms with Gasteiger partial charge in [0.05, 0.1) is 0 Å². The zero-order chi connectivity index (χ0) is 77.5. The molecule has 0 aliphatic rings. The topological polar surface area (TPSA) is 100 Å². The first-order chi connectivity index (χ1) is 56.7. The molecule has 0 aromatic heterocycles. The van der Waals surface area contributed by atoms with E-state index in [4.69, 9.17) is 0 Å². The molecule has 3 nitrogen and oxygen atoms in total. The van der Waals surface area contributed by atoms with Crippen molar-refractivity contribution in [2.45, 2.75) is 0 Å². The van der Waals surface area contributed by atoms with Crippen LogP contribution < -0.4 is 79.1 Å². The Morgan fingerprint density at radius 1 is 0.0840 bits per heavy atom. The van der Waals surface area contributed by atoms with Crippen molar-refractivity contribution < 1.29 is 25.8 Å². The number of hydrogen-bond donors (Lipinski definition) is 0. The molecular weight excluding hydrogens is 1970 g/mol. The van der Waals surface area contributed by atoms with Crippen LogP contribution in [0.1, 0.15) is 0 Å². The van der Waals surface area contributed by atoms with Gasteiger partial charge in [0.2, 0.25) is 0 Å². The van der Waals surface area contributed by atoms with Crippen molar-refractivity contribution in [1.29, 1.82) is 0 Å². The van der Waals surface area contributed by atoms with Gasteiger partial charge in [-0.3, -0.25) is 0 Å². The molecule has 119 heavy (non-hydrogen) atoms. The summed E-state index contributed by atoms with van der Waals surface area (Å²) in [6.07, 6.45) is 0. The Morgan fingerprint density at radius 3 is 0.168 bits per heavy atom. The quantitative estimate of drug-likeness (QED) is 0.0604. The number of hydrogen-bond acceptors (Lipinski definition) is 0. The Balaban J connectivity index is 0.000000176. The first kappa shape index (κ1) is 94.5. The van der Waals surface area contributed by atoms with Crippen LogP contribution in [0.3, 0.4) is 0 Å². The second kappa shape index (κ2) is 53.5. The van der Waals surface area contributed by atoms with Crippen molar-refractivity contribution in [3.05, 3.63) is 572 Å². The molecule has 0 spiro atoms. The van der Waals surface area contributed by atoms with E-state index in [1.807, 2.05) is 0 Å². The number of nitrogens with two attached hydrogens (primary N) is 3. The summed E-state index contributed by atoms with van der Waals surface area (Å²) in [6, 6.07) is 197. The summed E-state index contributed by atoms with van der Waals surface area (Å²) in [5, 5.41) is 0. The van der Waals surface area contributed by atoms with Crippen LogP contribution >= 0.6 is 0 Å². The van der Waals surface area contributed by atoms with E-state index in [1.165, 1.54) is 79.1 Å². The maximum absolute atomic E-state index is 2.27. The Morgan fingerprint density at radius 2 is 0.126 bits per heavy atom. The molecule has 0 bridgehead atoms. The van der Waals surface area contributed by atoms with Gasteiger partial charge in [0, 0.05) is 0 Å².